The fourth-order valence-corrected chi connectivity index (χ4v) is 2.39. The molecule has 0 aliphatic carbocycles. The Labute approximate surface area is 127 Å². The number of amides is 1. The molecule has 7 nitrogen and oxygen atoms in total. The number of nitrogens with one attached hydrogen (secondary N) is 2. The monoisotopic (exact) mass is 302 g/mol. The van der Waals surface area contributed by atoms with Gasteiger partial charge in [-0.25, -0.2) is 0 Å². The van der Waals surface area contributed by atoms with Crippen LogP contribution in [0.5, 0.6) is 0 Å². The highest BCUT2D eigenvalue weighted by molar-refractivity contribution is 5.96. The number of H-pyrrole nitrogens is 1. The van der Waals surface area contributed by atoms with E-state index in [1.807, 2.05) is 39.0 Å². The van der Waals surface area contributed by atoms with Crippen molar-refractivity contribution in [1.29, 1.82) is 0 Å². The molecule has 0 unspecified atom stereocenters. The highest BCUT2D eigenvalue weighted by atomic mass is 16.6. The first-order valence-corrected chi connectivity index (χ1v) is 6.89. The van der Waals surface area contributed by atoms with Crippen LogP contribution in [0.2, 0.25) is 0 Å². The average molecular weight is 302 g/mol. The zero-order valence-electron chi connectivity index (χ0n) is 12.9. The standard InChI is InChI=1S/C15H18N4O3/c1-8-6-5-7-12(9(8)2)10(3)16-15(20)13-14(19(21)22)11(4)17-18-13/h5-7,10H,1-4H3,(H,16,20)(H,17,18)/t10-/m0/s1. The van der Waals surface area contributed by atoms with Gasteiger partial charge in [0.15, 0.2) is 0 Å². The summed E-state index contributed by atoms with van der Waals surface area (Å²) < 4.78 is 0. The van der Waals surface area contributed by atoms with Crippen molar-refractivity contribution in [2.75, 3.05) is 0 Å². The number of carbonyl (C=O) groups is 1. The minimum atomic E-state index is -0.601. The van der Waals surface area contributed by atoms with Gasteiger partial charge in [0.1, 0.15) is 5.69 Å². The zero-order chi connectivity index (χ0) is 16.4. The molecule has 2 rings (SSSR count). The highest BCUT2D eigenvalue weighted by Crippen LogP contribution is 2.23. The van der Waals surface area contributed by atoms with Crippen LogP contribution in [-0.4, -0.2) is 21.0 Å². The summed E-state index contributed by atoms with van der Waals surface area (Å²) in [5.74, 6) is -0.565. The van der Waals surface area contributed by atoms with E-state index in [1.165, 1.54) is 6.92 Å². The average Bonchev–Trinajstić information content (AvgIpc) is 2.83. The van der Waals surface area contributed by atoms with Gasteiger partial charge >= 0.3 is 5.69 Å². The molecule has 0 radical (unpaired) electrons. The van der Waals surface area contributed by atoms with Gasteiger partial charge in [-0.15, -0.1) is 0 Å². The number of hydrogen-bond acceptors (Lipinski definition) is 4. The molecule has 1 aromatic carbocycles. The first kappa shape index (κ1) is 15.7. The second-order valence-corrected chi connectivity index (χ2v) is 5.29. The van der Waals surface area contributed by atoms with Crippen molar-refractivity contribution in [1.82, 2.24) is 15.5 Å². The van der Waals surface area contributed by atoms with E-state index in [0.29, 0.717) is 0 Å². The van der Waals surface area contributed by atoms with E-state index in [4.69, 9.17) is 0 Å². The maximum absolute atomic E-state index is 12.3. The van der Waals surface area contributed by atoms with E-state index in [0.717, 1.165) is 16.7 Å². The highest BCUT2D eigenvalue weighted by Gasteiger charge is 2.28. The summed E-state index contributed by atoms with van der Waals surface area (Å²) in [6.45, 7) is 7.32. The van der Waals surface area contributed by atoms with Crippen LogP contribution in [0.25, 0.3) is 0 Å². The lowest BCUT2D eigenvalue weighted by Gasteiger charge is -2.17. The summed E-state index contributed by atoms with van der Waals surface area (Å²) in [6, 6.07) is 5.57. The van der Waals surface area contributed by atoms with Gasteiger partial charge in [0.25, 0.3) is 5.91 Å². The van der Waals surface area contributed by atoms with Crippen molar-refractivity contribution in [3.05, 3.63) is 56.4 Å². The summed E-state index contributed by atoms with van der Waals surface area (Å²) in [7, 11) is 0. The third kappa shape index (κ3) is 2.83. The fraction of sp³-hybridized carbons (Fsp3) is 0.333. The smallest absolute Gasteiger partial charge is 0.322 e. The maximum Gasteiger partial charge on any atom is 0.322 e. The Bertz CT molecular complexity index is 736. The SMILES string of the molecule is Cc1cccc([C@H](C)NC(=O)c2n[nH]c(C)c2[N+](=O)[O-])c1C. The van der Waals surface area contributed by atoms with Crippen LogP contribution in [0.1, 0.15) is 45.8 Å². The lowest BCUT2D eigenvalue weighted by atomic mass is 9.98. The lowest BCUT2D eigenvalue weighted by molar-refractivity contribution is -0.385. The number of hydrogen-bond donors (Lipinski definition) is 2. The van der Waals surface area contributed by atoms with Crippen molar-refractivity contribution < 1.29 is 9.72 Å². The van der Waals surface area contributed by atoms with E-state index < -0.39 is 10.8 Å². The molecule has 0 saturated heterocycles. The zero-order valence-corrected chi connectivity index (χ0v) is 12.9. The Kier molecular flexibility index (Phi) is 4.25. The topological polar surface area (TPSA) is 101 Å². The molecule has 1 amide bonds. The summed E-state index contributed by atoms with van der Waals surface area (Å²) in [4.78, 5) is 22.7. The van der Waals surface area contributed by atoms with Crippen molar-refractivity contribution in [2.45, 2.75) is 33.7 Å². The van der Waals surface area contributed by atoms with Gasteiger partial charge in [-0.1, -0.05) is 18.2 Å². The Hall–Kier alpha value is -2.70. The maximum atomic E-state index is 12.3. The Morgan fingerprint density at radius 3 is 2.68 bits per heavy atom. The van der Waals surface area contributed by atoms with Gasteiger partial charge < -0.3 is 5.32 Å². The van der Waals surface area contributed by atoms with Crippen LogP contribution in [0.3, 0.4) is 0 Å². The van der Waals surface area contributed by atoms with E-state index in [2.05, 4.69) is 15.5 Å². The Morgan fingerprint density at radius 1 is 1.36 bits per heavy atom. The number of benzene rings is 1. The molecule has 22 heavy (non-hydrogen) atoms. The van der Waals surface area contributed by atoms with E-state index in [1.54, 1.807) is 0 Å². The predicted octanol–water partition coefficient (Wildman–Crippen LogP) is 2.73. The van der Waals surface area contributed by atoms with Gasteiger partial charge in [0, 0.05) is 0 Å². The fourth-order valence-electron chi connectivity index (χ4n) is 2.39. The summed E-state index contributed by atoms with van der Waals surface area (Å²) >= 11 is 0. The molecule has 0 spiro atoms. The molecule has 1 atom stereocenters. The molecule has 0 aliphatic heterocycles. The molecule has 0 aliphatic rings. The minimum absolute atomic E-state index is 0.195. The van der Waals surface area contributed by atoms with Crippen LogP contribution in [0.15, 0.2) is 18.2 Å². The third-order valence-corrected chi connectivity index (χ3v) is 3.77. The molecule has 2 aromatic rings. The molecule has 1 heterocycles. The second kappa shape index (κ2) is 5.97. The second-order valence-electron chi connectivity index (χ2n) is 5.29. The van der Waals surface area contributed by atoms with E-state index >= 15 is 0 Å². The molecule has 7 heteroatoms. The van der Waals surface area contributed by atoms with Crippen molar-refractivity contribution in [2.24, 2.45) is 0 Å². The predicted molar refractivity (Wildman–Crippen MR) is 81.8 cm³/mol. The molecule has 2 N–H and O–H groups in total. The molecule has 116 valence electrons. The molecular weight excluding hydrogens is 284 g/mol. The number of nitro groups is 1. The number of aromatic amines is 1. The van der Waals surface area contributed by atoms with Crippen LogP contribution in [0.4, 0.5) is 5.69 Å². The van der Waals surface area contributed by atoms with Crippen LogP contribution < -0.4 is 5.32 Å². The van der Waals surface area contributed by atoms with E-state index in [-0.39, 0.29) is 23.1 Å². The molecule has 0 saturated carbocycles. The van der Waals surface area contributed by atoms with Crippen LogP contribution in [0, 0.1) is 30.9 Å². The van der Waals surface area contributed by atoms with Crippen LogP contribution in [-0.2, 0) is 0 Å². The number of nitrogens with zero attached hydrogens (tertiary/aromatic N) is 2. The quantitative estimate of drug-likeness (QED) is 0.669. The van der Waals surface area contributed by atoms with Crippen LogP contribution >= 0.6 is 0 Å². The Balaban J connectivity index is 2.26. The normalized spacial score (nSPS) is 12.0. The molecular formula is C15H18N4O3. The molecule has 0 fully saturated rings. The number of aryl methyl sites for hydroxylation is 2. The van der Waals surface area contributed by atoms with Gasteiger partial charge in [0.2, 0.25) is 5.69 Å². The third-order valence-electron chi connectivity index (χ3n) is 3.77. The summed E-state index contributed by atoms with van der Waals surface area (Å²) in [5, 5.41) is 20.0. The number of carbonyl (C=O) groups excluding carboxylic acids is 1. The van der Waals surface area contributed by atoms with Gasteiger partial charge in [0.05, 0.1) is 11.0 Å². The van der Waals surface area contributed by atoms with Crippen molar-refractivity contribution >= 4 is 11.6 Å². The largest absolute Gasteiger partial charge is 0.344 e. The van der Waals surface area contributed by atoms with Crippen molar-refractivity contribution in [3.8, 4) is 0 Å². The van der Waals surface area contributed by atoms with E-state index in [9.17, 15) is 14.9 Å². The molecule has 0 bridgehead atoms. The lowest BCUT2D eigenvalue weighted by Crippen LogP contribution is -2.28. The van der Waals surface area contributed by atoms with Gasteiger partial charge in [-0.05, 0) is 44.4 Å². The van der Waals surface area contributed by atoms with Gasteiger partial charge in [-0.2, -0.15) is 5.10 Å². The Morgan fingerprint density at radius 2 is 2.05 bits per heavy atom. The molecule has 1 aromatic heterocycles. The van der Waals surface area contributed by atoms with Crippen molar-refractivity contribution in [3.63, 3.8) is 0 Å². The number of rotatable bonds is 4. The first-order chi connectivity index (χ1) is 10.3. The number of aromatic nitrogens is 2. The summed E-state index contributed by atoms with van der Waals surface area (Å²) in [5.41, 5.74) is 2.96. The minimum Gasteiger partial charge on any atom is -0.344 e. The first-order valence-electron chi connectivity index (χ1n) is 6.89. The van der Waals surface area contributed by atoms with Gasteiger partial charge in [-0.3, -0.25) is 20.0 Å². The summed E-state index contributed by atoms with van der Waals surface area (Å²) in [6.07, 6.45) is 0.